The number of hydrogen-bond donors (Lipinski definition) is 1. The van der Waals surface area contributed by atoms with E-state index >= 15 is 0 Å². The van der Waals surface area contributed by atoms with E-state index < -0.39 is 0 Å². The van der Waals surface area contributed by atoms with Crippen LogP contribution in [0.5, 0.6) is 0 Å². The molecule has 0 aromatic carbocycles. The molecule has 0 saturated heterocycles. The Labute approximate surface area is 65.0 Å². The quantitative estimate of drug-likeness (QED) is 0.635. The Kier molecular flexibility index (Phi) is 3.90. The molecular formula is C4H10ClN5. The van der Waals surface area contributed by atoms with E-state index in [1.54, 1.807) is 0 Å². The lowest BCUT2D eigenvalue weighted by molar-refractivity contribution is 0.472. The van der Waals surface area contributed by atoms with E-state index in [-0.39, 0.29) is 18.4 Å². The maximum absolute atomic E-state index is 5.46. The first-order chi connectivity index (χ1) is 4.29. The fourth-order valence-electron chi connectivity index (χ4n) is 0.530. The highest BCUT2D eigenvalue weighted by Gasteiger charge is 1.95. The first-order valence-electron chi connectivity index (χ1n) is 2.75. The van der Waals surface area contributed by atoms with Crippen LogP contribution >= 0.6 is 12.4 Å². The Morgan fingerprint density at radius 2 is 2.40 bits per heavy atom. The summed E-state index contributed by atoms with van der Waals surface area (Å²) in [6.45, 7) is 2.52. The van der Waals surface area contributed by atoms with Gasteiger partial charge in [0.2, 0.25) is 0 Å². The van der Waals surface area contributed by atoms with Crippen molar-refractivity contribution in [1.29, 1.82) is 0 Å². The van der Waals surface area contributed by atoms with Crippen molar-refractivity contribution in [2.45, 2.75) is 19.5 Å². The van der Waals surface area contributed by atoms with Gasteiger partial charge in [-0.25, -0.2) is 0 Å². The van der Waals surface area contributed by atoms with E-state index in [1.165, 1.54) is 11.1 Å². The lowest BCUT2D eigenvalue weighted by Crippen LogP contribution is -2.23. The maximum Gasteiger partial charge on any atom is 0.162 e. The van der Waals surface area contributed by atoms with Crippen molar-refractivity contribution < 1.29 is 0 Å². The zero-order chi connectivity index (χ0) is 6.69. The fraction of sp³-hybridized carbons (Fsp3) is 0.750. The summed E-state index contributed by atoms with van der Waals surface area (Å²) in [5, 5.41) is 10.9. The van der Waals surface area contributed by atoms with Gasteiger partial charge in [0, 0.05) is 6.04 Å². The molecule has 10 heavy (non-hydrogen) atoms. The molecule has 0 saturated carbocycles. The van der Waals surface area contributed by atoms with Gasteiger partial charge in [-0.3, -0.25) is 0 Å². The molecule has 5 nitrogen and oxygen atoms in total. The normalized spacial score (nSPS) is 12.2. The predicted octanol–water partition coefficient (Wildman–Crippen LogP) is -0.558. The monoisotopic (exact) mass is 163 g/mol. The number of tetrazole rings is 1. The van der Waals surface area contributed by atoms with Crippen LogP contribution in [0.4, 0.5) is 0 Å². The molecule has 1 aromatic rings. The van der Waals surface area contributed by atoms with Gasteiger partial charge in [0.05, 0.1) is 6.54 Å². The first kappa shape index (κ1) is 9.32. The van der Waals surface area contributed by atoms with Crippen LogP contribution in [0.3, 0.4) is 0 Å². The zero-order valence-electron chi connectivity index (χ0n) is 5.64. The Hall–Kier alpha value is -0.680. The van der Waals surface area contributed by atoms with Crippen LogP contribution in [0.2, 0.25) is 0 Å². The minimum absolute atomic E-state index is 0. The second kappa shape index (κ2) is 4.19. The van der Waals surface area contributed by atoms with Crippen LogP contribution in [-0.2, 0) is 6.54 Å². The van der Waals surface area contributed by atoms with Crippen LogP contribution in [-0.4, -0.2) is 26.2 Å². The summed E-state index contributed by atoms with van der Waals surface area (Å²) in [5.74, 6) is 0. The van der Waals surface area contributed by atoms with Crippen molar-refractivity contribution in [1.82, 2.24) is 20.2 Å². The highest BCUT2D eigenvalue weighted by atomic mass is 35.5. The highest BCUT2D eigenvalue weighted by molar-refractivity contribution is 5.85. The van der Waals surface area contributed by atoms with Crippen LogP contribution < -0.4 is 5.73 Å². The van der Waals surface area contributed by atoms with Gasteiger partial charge in [0.1, 0.15) is 0 Å². The molecule has 0 unspecified atom stereocenters. The summed E-state index contributed by atoms with van der Waals surface area (Å²) in [6.07, 6.45) is 1.39. The summed E-state index contributed by atoms with van der Waals surface area (Å²) in [7, 11) is 0. The van der Waals surface area contributed by atoms with E-state index in [0.29, 0.717) is 6.54 Å². The van der Waals surface area contributed by atoms with E-state index in [4.69, 9.17) is 5.73 Å². The van der Waals surface area contributed by atoms with Crippen LogP contribution in [0.25, 0.3) is 0 Å². The van der Waals surface area contributed by atoms with Crippen molar-refractivity contribution >= 4 is 12.4 Å². The van der Waals surface area contributed by atoms with Crippen molar-refractivity contribution in [3.05, 3.63) is 6.33 Å². The Morgan fingerprint density at radius 1 is 1.70 bits per heavy atom. The highest BCUT2D eigenvalue weighted by Crippen LogP contribution is 1.78. The number of hydrogen-bond acceptors (Lipinski definition) is 4. The summed E-state index contributed by atoms with van der Waals surface area (Å²) < 4.78 is 0. The van der Waals surface area contributed by atoms with Crippen molar-refractivity contribution in [2.24, 2.45) is 5.73 Å². The van der Waals surface area contributed by atoms with Crippen molar-refractivity contribution in [3.8, 4) is 0 Å². The molecule has 0 spiro atoms. The third-order valence-corrected chi connectivity index (χ3v) is 0.843. The molecule has 0 amide bonds. The van der Waals surface area contributed by atoms with E-state index in [1.807, 2.05) is 6.92 Å². The van der Waals surface area contributed by atoms with Gasteiger partial charge >= 0.3 is 0 Å². The average Bonchev–Trinajstić information content (AvgIpc) is 2.15. The minimum Gasteiger partial charge on any atom is -0.326 e. The van der Waals surface area contributed by atoms with Crippen molar-refractivity contribution in [2.75, 3.05) is 0 Å². The molecule has 1 rings (SSSR count). The topological polar surface area (TPSA) is 69.6 Å². The van der Waals surface area contributed by atoms with Gasteiger partial charge in [0.15, 0.2) is 6.33 Å². The Morgan fingerprint density at radius 3 is 2.80 bits per heavy atom. The zero-order valence-corrected chi connectivity index (χ0v) is 6.45. The minimum atomic E-state index is 0. The van der Waals surface area contributed by atoms with Crippen LogP contribution in [0, 0.1) is 0 Å². The summed E-state index contributed by atoms with van der Waals surface area (Å²) in [4.78, 5) is 1.46. The smallest absolute Gasteiger partial charge is 0.162 e. The van der Waals surface area contributed by atoms with E-state index in [9.17, 15) is 0 Å². The number of nitrogens with zero attached hydrogens (tertiary/aromatic N) is 4. The first-order valence-corrected chi connectivity index (χ1v) is 2.75. The standard InChI is InChI=1S/C4H9N5.ClH/c1-4(5)2-9-7-3-6-8-9;/h3-4H,2,5H2,1H3;1H/t4-;/m0./s1. The fourth-order valence-corrected chi connectivity index (χ4v) is 0.530. The van der Waals surface area contributed by atoms with Gasteiger partial charge in [-0.1, -0.05) is 0 Å². The van der Waals surface area contributed by atoms with Gasteiger partial charge in [-0.2, -0.15) is 4.80 Å². The summed E-state index contributed by atoms with van der Waals surface area (Å²) >= 11 is 0. The lowest BCUT2D eigenvalue weighted by atomic mass is 10.4. The van der Waals surface area contributed by atoms with E-state index in [2.05, 4.69) is 15.4 Å². The third kappa shape index (κ3) is 2.75. The largest absolute Gasteiger partial charge is 0.326 e. The molecule has 2 N–H and O–H groups in total. The molecule has 0 bridgehead atoms. The van der Waals surface area contributed by atoms with Crippen LogP contribution in [0.1, 0.15) is 6.92 Å². The molecule has 58 valence electrons. The molecule has 0 radical (unpaired) electrons. The molecule has 1 atom stereocenters. The number of nitrogens with two attached hydrogens (primary N) is 1. The molecule has 6 heteroatoms. The predicted molar refractivity (Wildman–Crippen MR) is 38.7 cm³/mol. The maximum atomic E-state index is 5.46. The second-order valence-corrected chi connectivity index (χ2v) is 1.97. The van der Waals surface area contributed by atoms with Crippen molar-refractivity contribution in [3.63, 3.8) is 0 Å². The summed E-state index contributed by atoms with van der Waals surface area (Å²) in [5.41, 5.74) is 5.46. The molecule has 1 aromatic heterocycles. The van der Waals surface area contributed by atoms with Gasteiger partial charge in [0.25, 0.3) is 0 Å². The van der Waals surface area contributed by atoms with Gasteiger partial charge in [-0.05, 0) is 12.1 Å². The van der Waals surface area contributed by atoms with Crippen LogP contribution in [0.15, 0.2) is 6.33 Å². The molecule has 0 aliphatic rings. The third-order valence-electron chi connectivity index (χ3n) is 0.843. The number of halogens is 1. The Bertz CT molecular complexity index is 160. The average molecular weight is 164 g/mol. The lowest BCUT2D eigenvalue weighted by Gasteiger charge is -1.99. The molecule has 0 aliphatic carbocycles. The molecular weight excluding hydrogens is 154 g/mol. The number of aromatic nitrogens is 4. The van der Waals surface area contributed by atoms with Gasteiger partial charge in [-0.15, -0.1) is 22.6 Å². The molecule has 1 heterocycles. The summed E-state index contributed by atoms with van der Waals surface area (Å²) in [6, 6.07) is 0.0826. The molecule has 0 fully saturated rings. The van der Waals surface area contributed by atoms with Gasteiger partial charge < -0.3 is 5.73 Å². The Balaban J connectivity index is 0.000000810. The SMILES string of the molecule is C[C@H](N)Cn1ncnn1.Cl. The number of rotatable bonds is 2. The second-order valence-electron chi connectivity index (χ2n) is 1.97. The van der Waals surface area contributed by atoms with E-state index in [0.717, 1.165) is 0 Å². The molecule has 0 aliphatic heterocycles.